The number of aromatic nitrogens is 2. The summed E-state index contributed by atoms with van der Waals surface area (Å²) >= 11 is 5.80. The van der Waals surface area contributed by atoms with Crippen LogP contribution >= 0.6 is 11.6 Å². The highest BCUT2D eigenvalue weighted by Gasteiger charge is 2.13. The van der Waals surface area contributed by atoms with E-state index in [0.717, 1.165) is 22.9 Å². The molecule has 0 radical (unpaired) electrons. The molecule has 0 amide bonds. The molecule has 5 nitrogen and oxygen atoms in total. The topological polar surface area (TPSA) is 56.3 Å². The summed E-state index contributed by atoms with van der Waals surface area (Å²) in [4.78, 5) is 8.10. The molecule has 0 aliphatic carbocycles. The van der Waals surface area contributed by atoms with Crippen molar-refractivity contribution in [3.05, 3.63) is 35.2 Å². The van der Waals surface area contributed by atoms with Gasteiger partial charge in [0.15, 0.2) is 11.5 Å². The lowest BCUT2D eigenvalue weighted by molar-refractivity contribution is 0.174. The van der Waals surface area contributed by atoms with Crippen molar-refractivity contribution >= 4 is 23.1 Å². The molecule has 0 saturated carbocycles. The fourth-order valence-electron chi connectivity index (χ4n) is 1.72. The van der Waals surface area contributed by atoms with Crippen molar-refractivity contribution in [2.24, 2.45) is 0 Å². The Morgan fingerprint density at radius 3 is 2.83 bits per heavy atom. The van der Waals surface area contributed by atoms with Crippen LogP contribution in [0.2, 0.25) is 5.28 Å². The Bertz CT molecular complexity index is 584. The quantitative estimate of drug-likeness (QED) is 0.845. The van der Waals surface area contributed by atoms with Crippen LogP contribution in [0.15, 0.2) is 24.3 Å². The van der Waals surface area contributed by atoms with Crippen molar-refractivity contribution in [2.45, 2.75) is 6.92 Å². The molecular formula is C12H10ClN3O2. The van der Waals surface area contributed by atoms with Gasteiger partial charge in [-0.3, -0.25) is 0 Å². The first-order valence-corrected chi connectivity index (χ1v) is 5.76. The minimum atomic E-state index is 0.221. The molecule has 1 N–H and O–H groups in total. The zero-order valence-corrected chi connectivity index (χ0v) is 10.4. The van der Waals surface area contributed by atoms with E-state index in [0.29, 0.717) is 5.82 Å². The maximum Gasteiger partial charge on any atom is 0.231 e. The second-order valence-electron chi connectivity index (χ2n) is 3.86. The molecule has 1 aliphatic rings. The molecule has 6 heteroatoms. The van der Waals surface area contributed by atoms with Crippen LogP contribution in [0.4, 0.5) is 11.5 Å². The summed E-state index contributed by atoms with van der Waals surface area (Å²) in [6.45, 7) is 2.12. The largest absolute Gasteiger partial charge is 0.454 e. The second kappa shape index (κ2) is 4.34. The summed E-state index contributed by atoms with van der Waals surface area (Å²) in [6.07, 6.45) is 0. The maximum atomic E-state index is 5.80. The predicted octanol–water partition coefficient (Wildman–Crippen LogP) is 2.91. The SMILES string of the molecule is Cc1cc(Nc2ccc3c(c2)OCO3)nc(Cl)n1. The third-order valence-electron chi connectivity index (χ3n) is 2.47. The monoisotopic (exact) mass is 263 g/mol. The Morgan fingerprint density at radius 2 is 2.00 bits per heavy atom. The molecule has 1 aliphatic heterocycles. The Labute approximate surface area is 109 Å². The smallest absolute Gasteiger partial charge is 0.231 e. The molecule has 18 heavy (non-hydrogen) atoms. The Kier molecular flexibility index (Phi) is 2.68. The highest BCUT2D eigenvalue weighted by atomic mass is 35.5. The van der Waals surface area contributed by atoms with Crippen LogP contribution in [0, 0.1) is 6.92 Å². The molecule has 0 atom stereocenters. The van der Waals surface area contributed by atoms with Gasteiger partial charge >= 0.3 is 0 Å². The summed E-state index contributed by atoms with van der Waals surface area (Å²) < 4.78 is 10.5. The van der Waals surface area contributed by atoms with Crippen LogP contribution < -0.4 is 14.8 Å². The van der Waals surface area contributed by atoms with E-state index < -0.39 is 0 Å². The Hall–Kier alpha value is -2.01. The van der Waals surface area contributed by atoms with E-state index in [1.54, 1.807) is 0 Å². The van der Waals surface area contributed by atoms with Gasteiger partial charge in [-0.2, -0.15) is 0 Å². The van der Waals surface area contributed by atoms with Crippen LogP contribution in [0.3, 0.4) is 0 Å². The summed E-state index contributed by atoms with van der Waals surface area (Å²) in [5.41, 5.74) is 1.66. The van der Waals surface area contributed by atoms with Crippen LogP contribution in [0.25, 0.3) is 0 Å². The zero-order valence-electron chi connectivity index (χ0n) is 9.61. The van der Waals surface area contributed by atoms with Gasteiger partial charge in [0.2, 0.25) is 12.1 Å². The van der Waals surface area contributed by atoms with Gasteiger partial charge in [0, 0.05) is 23.5 Å². The van der Waals surface area contributed by atoms with E-state index in [2.05, 4.69) is 15.3 Å². The molecule has 92 valence electrons. The molecule has 1 aromatic heterocycles. The van der Waals surface area contributed by atoms with Crippen molar-refractivity contribution in [3.63, 3.8) is 0 Å². The third kappa shape index (κ3) is 2.17. The van der Waals surface area contributed by atoms with Gasteiger partial charge in [-0.25, -0.2) is 9.97 Å². The molecule has 0 bridgehead atoms. The number of aryl methyl sites for hydroxylation is 1. The Morgan fingerprint density at radius 1 is 1.17 bits per heavy atom. The first-order chi connectivity index (χ1) is 8.70. The van der Waals surface area contributed by atoms with E-state index in [1.165, 1.54) is 0 Å². The van der Waals surface area contributed by atoms with Crippen molar-refractivity contribution < 1.29 is 9.47 Å². The van der Waals surface area contributed by atoms with Gasteiger partial charge in [0.25, 0.3) is 0 Å². The van der Waals surface area contributed by atoms with Crippen LogP contribution in [0.1, 0.15) is 5.69 Å². The van der Waals surface area contributed by atoms with Crippen molar-refractivity contribution in [1.29, 1.82) is 0 Å². The number of benzene rings is 1. The van der Waals surface area contributed by atoms with Crippen LogP contribution in [0.5, 0.6) is 11.5 Å². The first-order valence-electron chi connectivity index (χ1n) is 5.38. The van der Waals surface area contributed by atoms with E-state index in [1.807, 2.05) is 31.2 Å². The minimum absolute atomic E-state index is 0.221. The predicted molar refractivity (Wildman–Crippen MR) is 67.6 cm³/mol. The molecule has 0 spiro atoms. The average Bonchev–Trinajstić information content (AvgIpc) is 2.74. The van der Waals surface area contributed by atoms with E-state index in [9.17, 15) is 0 Å². The fraction of sp³-hybridized carbons (Fsp3) is 0.167. The number of nitrogens with one attached hydrogen (secondary N) is 1. The number of hydrogen-bond donors (Lipinski definition) is 1. The molecule has 0 saturated heterocycles. The van der Waals surface area contributed by atoms with Gasteiger partial charge in [0.1, 0.15) is 5.82 Å². The lowest BCUT2D eigenvalue weighted by Gasteiger charge is -2.07. The molecular weight excluding hydrogens is 254 g/mol. The molecule has 0 unspecified atom stereocenters. The summed E-state index contributed by atoms with van der Waals surface area (Å²) in [6, 6.07) is 7.41. The summed E-state index contributed by atoms with van der Waals surface area (Å²) in [5.74, 6) is 2.11. The number of rotatable bonds is 2. The molecule has 0 fully saturated rings. The number of anilines is 2. The number of nitrogens with zero attached hydrogens (tertiary/aromatic N) is 2. The maximum absolute atomic E-state index is 5.80. The normalized spacial score (nSPS) is 12.6. The highest BCUT2D eigenvalue weighted by Crippen LogP contribution is 2.34. The standard InChI is InChI=1S/C12H10ClN3O2/c1-7-4-11(16-12(13)14-7)15-8-2-3-9-10(5-8)18-6-17-9/h2-5H,6H2,1H3,(H,14,15,16). The summed E-state index contributed by atoms with van der Waals surface area (Å²) in [7, 11) is 0. The molecule has 3 rings (SSSR count). The molecule has 1 aromatic carbocycles. The number of halogens is 1. The minimum Gasteiger partial charge on any atom is -0.454 e. The van der Waals surface area contributed by atoms with Gasteiger partial charge in [0.05, 0.1) is 0 Å². The Balaban J connectivity index is 1.88. The van der Waals surface area contributed by atoms with Gasteiger partial charge in [-0.05, 0) is 30.7 Å². The highest BCUT2D eigenvalue weighted by molar-refractivity contribution is 6.28. The molecule has 2 aromatic rings. The second-order valence-corrected chi connectivity index (χ2v) is 4.19. The van der Waals surface area contributed by atoms with Crippen LogP contribution in [-0.4, -0.2) is 16.8 Å². The molecule has 2 heterocycles. The number of ether oxygens (including phenoxy) is 2. The van der Waals surface area contributed by atoms with Crippen molar-refractivity contribution in [1.82, 2.24) is 9.97 Å². The lowest BCUT2D eigenvalue weighted by Crippen LogP contribution is -1.96. The van der Waals surface area contributed by atoms with Crippen molar-refractivity contribution in [3.8, 4) is 11.5 Å². The van der Waals surface area contributed by atoms with Gasteiger partial charge in [-0.15, -0.1) is 0 Å². The van der Waals surface area contributed by atoms with E-state index in [4.69, 9.17) is 21.1 Å². The first kappa shape index (κ1) is 11.1. The van der Waals surface area contributed by atoms with Gasteiger partial charge in [-0.1, -0.05) is 0 Å². The average molecular weight is 264 g/mol. The van der Waals surface area contributed by atoms with Crippen LogP contribution in [-0.2, 0) is 0 Å². The third-order valence-corrected chi connectivity index (χ3v) is 2.64. The number of hydrogen-bond acceptors (Lipinski definition) is 5. The van der Waals surface area contributed by atoms with E-state index >= 15 is 0 Å². The number of fused-ring (bicyclic) bond motifs is 1. The van der Waals surface area contributed by atoms with E-state index in [-0.39, 0.29) is 12.1 Å². The summed E-state index contributed by atoms with van der Waals surface area (Å²) in [5, 5.41) is 3.36. The fourth-order valence-corrected chi connectivity index (χ4v) is 1.94. The lowest BCUT2D eigenvalue weighted by atomic mass is 10.2. The zero-order chi connectivity index (χ0) is 12.5. The van der Waals surface area contributed by atoms with Crippen molar-refractivity contribution in [2.75, 3.05) is 12.1 Å². The van der Waals surface area contributed by atoms with Gasteiger partial charge < -0.3 is 14.8 Å².